The molecule has 10 nitrogen and oxygen atoms in total. The Balaban J connectivity index is 1.50. The summed E-state index contributed by atoms with van der Waals surface area (Å²) in [4.78, 5) is 45.3. The van der Waals surface area contributed by atoms with Gasteiger partial charge in [-0.05, 0) is 52.9 Å². The first-order valence-corrected chi connectivity index (χ1v) is 9.87. The van der Waals surface area contributed by atoms with Crippen molar-refractivity contribution < 1.29 is 29.2 Å². The molecular weight excluding hydrogens is 368 g/mol. The number of hydroxylamine groups is 3. The quantitative estimate of drug-likeness (QED) is 0.548. The second-order valence-corrected chi connectivity index (χ2v) is 8.63. The van der Waals surface area contributed by atoms with Crippen LogP contribution in [0.4, 0.5) is 9.59 Å². The summed E-state index contributed by atoms with van der Waals surface area (Å²) in [7, 11) is 0. The van der Waals surface area contributed by atoms with Crippen molar-refractivity contribution in [1.82, 2.24) is 20.3 Å². The average molecular weight is 398 g/mol. The van der Waals surface area contributed by atoms with E-state index in [1.54, 1.807) is 4.90 Å². The molecule has 0 aromatic rings. The smallest absolute Gasteiger partial charge is 0.410 e. The molecule has 3 aliphatic heterocycles. The number of ether oxygens (including phenoxy) is 1. The number of fused-ring (bicyclic) bond motifs is 2. The largest absolute Gasteiger partial charge is 0.444 e. The number of amides is 4. The first kappa shape index (κ1) is 20.7. The molecule has 0 aromatic heterocycles. The Morgan fingerprint density at radius 3 is 2.68 bits per heavy atom. The standard InChI is InChI=1S/C18H30N4O6/c1-18(2,3)28-17(25)20-9-5-4-6-13(20)11-27-19-15(23)14-8-7-12-10-21(14)16(24)22(12)26/h12-14,26H,4-11H2,1-3H3,(H,19,23)/t12-,13+,14?/m1/s1. The molecule has 3 aliphatic rings. The molecule has 0 radical (unpaired) electrons. The van der Waals surface area contributed by atoms with Gasteiger partial charge in [0, 0.05) is 13.1 Å². The van der Waals surface area contributed by atoms with E-state index in [9.17, 15) is 19.6 Å². The second kappa shape index (κ2) is 8.12. The Morgan fingerprint density at radius 2 is 1.96 bits per heavy atom. The van der Waals surface area contributed by atoms with Crippen LogP contribution in [0, 0.1) is 0 Å². The van der Waals surface area contributed by atoms with Crippen LogP contribution in [0.3, 0.4) is 0 Å². The third kappa shape index (κ3) is 4.49. The highest BCUT2D eigenvalue weighted by atomic mass is 16.7. The van der Waals surface area contributed by atoms with E-state index in [4.69, 9.17) is 9.57 Å². The zero-order valence-electron chi connectivity index (χ0n) is 16.7. The third-order valence-corrected chi connectivity index (χ3v) is 5.35. The molecule has 0 spiro atoms. The van der Waals surface area contributed by atoms with Crippen molar-refractivity contribution in [2.24, 2.45) is 0 Å². The third-order valence-electron chi connectivity index (χ3n) is 5.35. The first-order valence-electron chi connectivity index (χ1n) is 9.87. The number of nitrogens with zero attached hydrogens (tertiary/aromatic N) is 3. The molecule has 2 bridgehead atoms. The number of hydrogen-bond donors (Lipinski definition) is 2. The lowest BCUT2D eigenvalue weighted by Gasteiger charge is -2.36. The molecule has 2 N–H and O–H groups in total. The molecule has 0 aliphatic carbocycles. The lowest BCUT2D eigenvalue weighted by atomic mass is 10.0. The van der Waals surface area contributed by atoms with Crippen molar-refractivity contribution in [3.8, 4) is 0 Å². The molecule has 3 saturated heterocycles. The number of carbonyl (C=O) groups is 3. The Kier molecular flexibility index (Phi) is 5.99. The molecule has 0 saturated carbocycles. The fourth-order valence-electron chi connectivity index (χ4n) is 3.93. The van der Waals surface area contributed by atoms with Crippen molar-refractivity contribution in [2.75, 3.05) is 19.7 Å². The summed E-state index contributed by atoms with van der Waals surface area (Å²) < 4.78 is 5.46. The van der Waals surface area contributed by atoms with E-state index in [0.717, 1.165) is 19.3 Å². The Morgan fingerprint density at radius 1 is 1.21 bits per heavy atom. The van der Waals surface area contributed by atoms with E-state index >= 15 is 0 Å². The van der Waals surface area contributed by atoms with Crippen molar-refractivity contribution >= 4 is 18.0 Å². The number of piperidine rings is 2. The number of rotatable bonds is 4. The zero-order chi connectivity index (χ0) is 20.5. The fraction of sp³-hybridized carbons (Fsp3) is 0.833. The molecule has 28 heavy (non-hydrogen) atoms. The molecule has 4 amide bonds. The minimum Gasteiger partial charge on any atom is -0.444 e. The van der Waals surface area contributed by atoms with Crippen LogP contribution in [-0.2, 0) is 14.4 Å². The van der Waals surface area contributed by atoms with Crippen LogP contribution < -0.4 is 5.48 Å². The summed E-state index contributed by atoms with van der Waals surface area (Å²) in [6.45, 7) is 6.55. The monoisotopic (exact) mass is 398 g/mol. The molecular formula is C18H30N4O6. The lowest BCUT2D eigenvalue weighted by molar-refractivity contribution is -0.140. The molecule has 3 heterocycles. The second-order valence-electron chi connectivity index (χ2n) is 8.63. The Bertz CT molecular complexity index is 622. The van der Waals surface area contributed by atoms with Gasteiger partial charge >= 0.3 is 12.1 Å². The lowest BCUT2D eigenvalue weighted by Crippen LogP contribution is -2.52. The first-order chi connectivity index (χ1) is 13.2. The van der Waals surface area contributed by atoms with Gasteiger partial charge in [-0.1, -0.05) is 0 Å². The van der Waals surface area contributed by atoms with Gasteiger partial charge < -0.3 is 14.5 Å². The SMILES string of the molecule is CC(C)(C)OC(=O)N1CCCC[C@H]1CONC(=O)C1CC[C@@H]2CN1C(=O)N2O. The van der Waals surface area contributed by atoms with Crippen molar-refractivity contribution in [1.29, 1.82) is 0 Å². The summed E-state index contributed by atoms with van der Waals surface area (Å²) in [5, 5.41) is 10.4. The number of carbonyl (C=O) groups excluding carboxylic acids is 3. The Hall–Kier alpha value is -2.07. The van der Waals surface area contributed by atoms with E-state index in [-0.39, 0.29) is 24.8 Å². The van der Waals surface area contributed by atoms with Crippen LogP contribution in [0.15, 0.2) is 0 Å². The van der Waals surface area contributed by atoms with Crippen LogP contribution >= 0.6 is 0 Å². The topological polar surface area (TPSA) is 112 Å². The van der Waals surface area contributed by atoms with Crippen molar-refractivity contribution in [2.45, 2.75) is 76.6 Å². The van der Waals surface area contributed by atoms with Gasteiger partial charge in [0.25, 0.3) is 5.91 Å². The van der Waals surface area contributed by atoms with E-state index in [1.807, 2.05) is 20.8 Å². The van der Waals surface area contributed by atoms with Crippen molar-refractivity contribution in [3.63, 3.8) is 0 Å². The van der Waals surface area contributed by atoms with Gasteiger partial charge in [-0.15, -0.1) is 0 Å². The normalized spacial score (nSPS) is 27.8. The minimum atomic E-state index is -0.658. The maximum Gasteiger partial charge on any atom is 0.410 e. The molecule has 1 unspecified atom stereocenters. The highest BCUT2D eigenvalue weighted by Crippen LogP contribution is 2.28. The van der Waals surface area contributed by atoms with Gasteiger partial charge in [-0.25, -0.2) is 20.1 Å². The summed E-state index contributed by atoms with van der Waals surface area (Å²) in [5.74, 6) is -0.415. The predicted molar refractivity (Wildman–Crippen MR) is 97.2 cm³/mol. The van der Waals surface area contributed by atoms with E-state index in [0.29, 0.717) is 31.0 Å². The number of urea groups is 1. The van der Waals surface area contributed by atoms with E-state index in [1.165, 1.54) is 4.90 Å². The molecule has 0 aromatic carbocycles. The maximum atomic E-state index is 12.4. The van der Waals surface area contributed by atoms with Gasteiger partial charge in [0.15, 0.2) is 0 Å². The maximum absolute atomic E-state index is 12.4. The van der Waals surface area contributed by atoms with Crippen LogP contribution in [0.25, 0.3) is 0 Å². The molecule has 3 atom stereocenters. The highest BCUT2D eigenvalue weighted by molar-refractivity contribution is 5.87. The molecule has 158 valence electrons. The molecule has 10 heteroatoms. The fourth-order valence-corrected chi connectivity index (χ4v) is 3.93. The van der Waals surface area contributed by atoms with Crippen LogP contribution in [0.2, 0.25) is 0 Å². The van der Waals surface area contributed by atoms with E-state index in [2.05, 4.69) is 5.48 Å². The number of likely N-dealkylation sites (tertiary alicyclic amines) is 1. The minimum absolute atomic E-state index is 0.153. The number of nitrogens with one attached hydrogen (secondary N) is 1. The van der Waals surface area contributed by atoms with Crippen molar-refractivity contribution in [3.05, 3.63) is 0 Å². The molecule has 3 fully saturated rings. The summed E-state index contributed by atoms with van der Waals surface area (Å²) in [6.07, 6.45) is 3.29. The van der Waals surface area contributed by atoms with Gasteiger partial charge in [-0.3, -0.25) is 14.8 Å². The van der Waals surface area contributed by atoms with Crippen LogP contribution in [0.5, 0.6) is 0 Å². The summed E-state index contributed by atoms with van der Waals surface area (Å²) >= 11 is 0. The van der Waals surface area contributed by atoms with E-state index < -0.39 is 23.6 Å². The Labute approximate surface area is 164 Å². The molecule has 3 rings (SSSR count). The van der Waals surface area contributed by atoms with Gasteiger partial charge in [0.05, 0.1) is 18.7 Å². The van der Waals surface area contributed by atoms with Crippen LogP contribution in [0.1, 0.15) is 52.9 Å². The average Bonchev–Trinajstić information content (AvgIpc) is 2.85. The van der Waals surface area contributed by atoms with Gasteiger partial charge in [-0.2, -0.15) is 0 Å². The number of hydrogen-bond acceptors (Lipinski definition) is 6. The zero-order valence-corrected chi connectivity index (χ0v) is 16.7. The van der Waals surface area contributed by atoms with Gasteiger partial charge in [0.2, 0.25) is 0 Å². The predicted octanol–water partition coefficient (Wildman–Crippen LogP) is 1.48. The highest BCUT2D eigenvalue weighted by Gasteiger charge is 2.46. The van der Waals surface area contributed by atoms with Crippen LogP contribution in [-0.4, -0.2) is 81.5 Å². The summed E-state index contributed by atoms with van der Waals surface area (Å²) in [5.41, 5.74) is 1.84. The van der Waals surface area contributed by atoms with Gasteiger partial charge in [0.1, 0.15) is 11.6 Å². The summed E-state index contributed by atoms with van der Waals surface area (Å²) in [6, 6.07) is -1.64.